The van der Waals surface area contributed by atoms with Crippen LogP contribution in [0.1, 0.15) is 13.3 Å². The summed E-state index contributed by atoms with van der Waals surface area (Å²) < 4.78 is 31.2. The minimum atomic E-state index is -3.26. The number of nitrogens with one attached hydrogen (secondary N) is 1. The number of amides is 1. The third-order valence-electron chi connectivity index (χ3n) is 3.20. The molecule has 1 atom stereocenters. The minimum absolute atomic E-state index is 0.0327. The predicted octanol–water partition coefficient (Wildman–Crippen LogP) is 0.748. The second-order valence-corrected chi connectivity index (χ2v) is 6.87. The molecule has 0 saturated carbocycles. The van der Waals surface area contributed by atoms with Crippen LogP contribution in [0.15, 0.2) is 30.3 Å². The molecule has 1 aliphatic heterocycles. The van der Waals surface area contributed by atoms with E-state index in [0.717, 1.165) is 5.69 Å². The topological polar surface area (TPSA) is 75.7 Å². The zero-order chi connectivity index (χ0) is 15.3. The summed E-state index contributed by atoms with van der Waals surface area (Å²) in [7, 11) is -3.26. The van der Waals surface area contributed by atoms with Gasteiger partial charge < -0.3 is 9.64 Å². The number of hydrogen-bond acceptors (Lipinski definition) is 4. The number of hydrogen-bond donors (Lipinski definition) is 1. The molecule has 2 rings (SSSR count). The molecule has 1 saturated heterocycles. The van der Waals surface area contributed by atoms with Gasteiger partial charge in [-0.25, -0.2) is 13.1 Å². The van der Waals surface area contributed by atoms with E-state index in [1.165, 1.54) is 0 Å². The van der Waals surface area contributed by atoms with Gasteiger partial charge in [0.1, 0.15) is 6.61 Å². The van der Waals surface area contributed by atoms with Crippen molar-refractivity contribution in [1.82, 2.24) is 4.72 Å². The van der Waals surface area contributed by atoms with Crippen molar-refractivity contribution in [3.05, 3.63) is 30.3 Å². The van der Waals surface area contributed by atoms with Crippen molar-refractivity contribution in [2.24, 2.45) is 0 Å². The fourth-order valence-electron chi connectivity index (χ4n) is 2.17. The molecule has 1 amide bonds. The first kappa shape index (κ1) is 15.9. The van der Waals surface area contributed by atoms with E-state index in [0.29, 0.717) is 13.0 Å². The van der Waals surface area contributed by atoms with Gasteiger partial charge in [-0.15, -0.1) is 0 Å². The van der Waals surface area contributed by atoms with Crippen LogP contribution in [0.5, 0.6) is 0 Å². The molecule has 0 aliphatic carbocycles. The summed E-state index contributed by atoms with van der Waals surface area (Å²) in [6, 6.07) is 9.29. The first-order chi connectivity index (χ1) is 10.0. The van der Waals surface area contributed by atoms with E-state index in [1.54, 1.807) is 4.90 Å². The molecule has 1 fully saturated rings. The van der Waals surface area contributed by atoms with Crippen LogP contribution in [0.3, 0.4) is 0 Å². The molecule has 1 aromatic rings. The van der Waals surface area contributed by atoms with E-state index in [4.69, 9.17) is 4.74 Å². The number of anilines is 1. The first-order valence-electron chi connectivity index (χ1n) is 6.96. The molecule has 116 valence electrons. The van der Waals surface area contributed by atoms with Gasteiger partial charge in [0.15, 0.2) is 0 Å². The second kappa shape index (κ2) is 7.02. The highest BCUT2D eigenvalue weighted by atomic mass is 32.2. The van der Waals surface area contributed by atoms with Crippen molar-refractivity contribution in [3.63, 3.8) is 0 Å². The Morgan fingerprint density at radius 3 is 2.71 bits per heavy atom. The lowest BCUT2D eigenvalue weighted by atomic mass is 10.2. The monoisotopic (exact) mass is 312 g/mol. The summed E-state index contributed by atoms with van der Waals surface area (Å²) >= 11 is 0. The lowest BCUT2D eigenvalue weighted by Gasteiger charge is -2.32. The maximum Gasteiger partial charge on any atom is 0.253 e. The quantitative estimate of drug-likeness (QED) is 0.841. The van der Waals surface area contributed by atoms with Crippen LogP contribution in [-0.2, 0) is 19.6 Å². The summed E-state index contributed by atoms with van der Waals surface area (Å²) in [6.07, 6.45) is 0.227. The third kappa shape index (κ3) is 4.52. The van der Waals surface area contributed by atoms with Gasteiger partial charge in [0, 0.05) is 12.2 Å². The summed E-state index contributed by atoms with van der Waals surface area (Å²) in [5.74, 6) is -0.0185. The van der Waals surface area contributed by atoms with Crippen LogP contribution in [0.25, 0.3) is 0 Å². The fraction of sp³-hybridized carbons (Fsp3) is 0.500. The second-order valence-electron chi connectivity index (χ2n) is 4.94. The van der Waals surface area contributed by atoms with Crippen LogP contribution in [0.4, 0.5) is 5.69 Å². The van der Waals surface area contributed by atoms with Gasteiger partial charge in [0.2, 0.25) is 10.0 Å². The lowest BCUT2D eigenvalue weighted by molar-refractivity contribution is -0.129. The lowest BCUT2D eigenvalue weighted by Crippen LogP contribution is -2.50. The van der Waals surface area contributed by atoms with E-state index in [2.05, 4.69) is 4.72 Å². The molecule has 1 aliphatic rings. The number of sulfonamides is 1. The Labute approximate surface area is 125 Å². The van der Waals surface area contributed by atoms with Crippen molar-refractivity contribution < 1.29 is 17.9 Å². The van der Waals surface area contributed by atoms with Gasteiger partial charge >= 0.3 is 0 Å². The molecule has 0 aromatic heterocycles. The number of rotatable bonds is 6. The van der Waals surface area contributed by atoms with Crippen LogP contribution in [0.2, 0.25) is 0 Å². The largest absolute Gasteiger partial charge is 0.365 e. The number of ether oxygens (including phenoxy) is 1. The summed E-state index contributed by atoms with van der Waals surface area (Å²) in [5.41, 5.74) is 0.798. The van der Waals surface area contributed by atoms with Gasteiger partial charge in [0.05, 0.1) is 18.4 Å². The zero-order valence-electron chi connectivity index (χ0n) is 12.0. The summed E-state index contributed by atoms with van der Waals surface area (Å²) in [6.45, 7) is 2.30. The molecule has 0 radical (unpaired) electrons. The van der Waals surface area contributed by atoms with Crippen molar-refractivity contribution in [2.75, 3.05) is 30.3 Å². The molecule has 1 unspecified atom stereocenters. The average Bonchev–Trinajstić information content (AvgIpc) is 2.47. The normalized spacial score (nSPS) is 19.8. The Balaban J connectivity index is 1.97. The van der Waals surface area contributed by atoms with Gasteiger partial charge in [0.25, 0.3) is 5.91 Å². The van der Waals surface area contributed by atoms with E-state index < -0.39 is 10.0 Å². The maximum atomic E-state index is 11.9. The number of para-hydroxylation sites is 1. The maximum absolute atomic E-state index is 11.9. The van der Waals surface area contributed by atoms with Crippen molar-refractivity contribution >= 4 is 21.6 Å². The third-order valence-corrected chi connectivity index (χ3v) is 4.75. The first-order valence-corrected chi connectivity index (χ1v) is 8.61. The average molecular weight is 312 g/mol. The number of nitrogens with zero attached hydrogens (tertiary/aromatic N) is 1. The van der Waals surface area contributed by atoms with Crippen molar-refractivity contribution in [2.45, 2.75) is 19.4 Å². The van der Waals surface area contributed by atoms with Crippen molar-refractivity contribution in [1.29, 1.82) is 0 Å². The van der Waals surface area contributed by atoms with Crippen molar-refractivity contribution in [3.8, 4) is 0 Å². The highest BCUT2D eigenvalue weighted by Crippen LogP contribution is 2.17. The van der Waals surface area contributed by atoms with E-state index in [1.807, 2.05) is 37.3 Å². The van der Waals surface area contributed by atoms with Gasteiger partial charge in [-0.2, -0.15) is 0 Å². The Morgan fingerprint density at radius 2 is 2.05 bits per heavy atom. The van der Waals surface area contributed by atoms with Crippen LogP contribution in [-0.4, -0.2) is 45.9 Å². The fourth-order valence-corrected chi connectivity index (χ4v) is 3.29. The molecule has 7 heteroatoms. The van der Waals surface area contributed by atoms with Gasteiger partial charge in [-0.1, -0.05) is 25.1 Å². The van der Waals surface area contributed by atoms with E-state index in [9.17, 15) is 13.2 Å². The molecule has 6 nitrogen and oxygen atoms in total. The Kier molecular flexibility index (Phi) is 5.33. The number of benzene rings is 1. The molecular formula is C14H20N2O4S. The zero-order valence-corrected chi connectivity index (χ0v) is 12.8. The predicted molar refractivity (Wildman–Crippen MR) is 80.6 cm³/mol. The number of morpholine rings is 1. The molecule has 0 bridgehead atoms. The molecule has 1 aromatic carbocycles. The Morgan fingerprint density at radius 1 is 1.33 bits per heavy atom. The standard InChI is InChI=1S/C14H20N2O4S/c1-2-8-21(18,19)15-9-13-10-16(14(17)11-20-13)12-6-4-3-5-7-12/h3-7,13,15H,2,8-11H2,1H3. The highest BCUT2D eigenvalue weighted by molar-refractivity contribution is 7.89. The summed E-state index contributed by atoms with van der Waals surface area (Å²) in [5, 5.41) is 0. The van der Waals surface area contributed by atoms with Gasteiger partial charge in [-0.3, -0.25) is 4.79 Å². The molecular weight excluding hydrogens is 292 g/mol. The Bertz CT molecular complexity index is 574. The number of carbonyl (C=O) groups is 1. The smallest absolute Gasteiger partial charge is 0.253 e. The van der Waals surface area contributed by atoms with Crippen LogP contribution >= 0.6 is 0 Å². The Hall–Kier alpha value is -1.44. The van der Waals surface area contributed by atoms with E-state index >= 15 is 0 Å². The van der Waals surface area contributed by atoms with Crippen LogP contribution in [0, 0.1) is 0 Å². The molecule has 0 spiro atoms. The molecule has 1 N–H and O–H groups in total. The molecule has 1 heterocycles. The summed E-state index contributed by atoms with van der Waals surface area (Å²) in [4.78, 5) is 13.5. The van der Waals surface area contributed by atoms with E-state index in [-0.39, 0.29) is 30.9 Å². The highest BCUT2D eigenvalue weighted by Gasteiger charge is 2.28. The number of carbonyl (C=O) groups excluding carboxylic acids is 1. The van der Waals surface area contributed by atoms with Crippen LogP contribution < -0.4 is 9.62 Å². The SMILES string of the molecule is CCCS(=O)(=O)NCC1CN(c2ccccc2)C(=O)CO1. The minimum Gasteiger partial charge on any atom is -0.365 e. The van der Waals surface area contributed by atoms with Gasteiger partial charge in [-0.05, 0) is 18.6 Å². The molecule has 21 heavy (non-hydrogen) atoms.